The van der Waals surface area contributed by atoms with Gasteiger partial charge >= 0.3 is 0 Å². The van der Waals surface area contributed by atoms with E-state index < -0.39 is 0 Å². The summed E-state index contributed by atoms with van der Waals surface area (Å²) < 4.78 is 4.87. The minimum atomic E-state index is 0.680. The molecule has 8 heavy (non-hydrogen) atoms. The van der Waals surface area contributed by atoms with Gasteiger partial charge in [-0.3, -0.25) is 0 Å². The lowest BCUT2D eigenvalue weighted by atomic mass is 10.5. The van der Waals surface area contributed by atoms with E-state index in [0.717, 1.165) is 5.69 Å². The van der Waals surface area contributed by atoms with E-state index in [2.05, 4.69) is 11.6 Å². The van der Waals surface area contributed by atoms with E-state index in [1.807, 2.05) is 0 Å². The molecule has 0 saturated carbocycles. The summed E-state index contributed by atoms with van der Waals surface area (Å²) in [5.74, 6) is 0.680. The van der Waals surface area contributed by atoms with Crippen LogP contribution in [0, 0.1) is 6.92 Å². The Labute approximate surface area is 47.9 Å². The van der Waals surface area contributed by atoms with Gasteiger partial charge in [-0.25, -0.2) is 4.98 Å². The first-order chi connectivity index (χ1) is 3.83. The molecule has 0 amide bonds. The molecule has 0 bridgehead atoms. The smallest absolute Gasteiger partial charge is 0.191 e. The first-order valence-electron chi connectivity index (χ1n) is 2.37. The van der Waals surface area contributed by atoms with Gasteiger partial charge in [-0.2, -0.15) is 0 Å². The molecule has 0 atom stereocenters. The molecule has 0 fully saturated rings. The number of nitrogens with zero attached hydrogens (tertiary/aromatic N) is 1. The first-order valence-corrected chi connectivity index (χ1v) is 2.37. The van der Waals surface area contributed by atoms with Crippen molar-refractivity contribution >= 4 is 6.08 Å². The number of hydrogen-bond donors (Lipinski definition) is 0. The van der Waals surface area contributed by atoms with Gasteiger partial charge in [0.15, 0.2) is 5.89 Å². The van der Waals surface area contributed by atoms with Crippen molar-refractivity contribution in [1.82, 2.24) is 4.98 Å². The zero-order valence-corrected chi connectivity index (χ0v) is 4.72. The van der Waals surface area contributed by atoms with Crippen molar-refractivity contribution in [2.75, 3.05) is 0 Å². The highest BCUT2D eigenvalue weighted by atomic mass is 16.3. The molecular formula is C6H7NO. The van der Waals surface area contributed by atoms with Crippen LogP contribution < -0.4 is 0 Å². The summed E-state index contributed by atoms with van der Waals surface area (Å²) in [6.45, 7) is 5.32. The van der Waals surface area contributed by atoms with Crippen molar-refractivity contribution in [3.05, 3.63) is 24.4 Å². The molecule has 0 aliphatic rings. The summed E-state index contributed by atoms with van der Waals surface area (Å²) in [6.07, 6.45) is 3.22. The standard InChI is InChI=1S/C6H7NO/c1-3-6-4-8-5(2)7-6/h3-4H,1H2,2H3. The predicted molar refractivity (Wildman–Crippen MR) is 31.3 cm³/mol. The molecule has 2 heteroatoms. The number of hydrogen-bond acceptors (Lipinski definition) is 2. The van der Waals surface area contributed by atoms with Crippen molar-refractivity contribution < 1.29 is 4.42 Å². The Morgan fingerprint density at radius 3 is 2.88 bits per heavy atom. The lowest BCUT2D eigenvalue weighted by molar-refractivity contribution is 0.521. The molecule has 0 unspecified atom stereocenters. The topological polar surface area (TPSA) is 26.0 Å². The Bertz CT molecular complexity index is 190. The third-order valence-corrected chi connectivity index (χ3v) is 0.846. The van der Waals surface area contributed by atoms with Crippen LogP contribution in [0.15, 0.2) is 17.3 Å². The summed E-state index contributed by atoms with van der Waals surface area (Å²) in [6, 6.07) is 0. The van der Waals surface area contributed by atoms with E-state index in [1.165, 1.54) is 0 Å². The zero-order chi connectivity index (χ0) is 5.98. The molecule has 2 nitrogen and oxygen atoms in total. The van der Waals surface area contributed by atoms with E-state index >= 15 is 0 Å². The monoisotopic (exact) mass is 109 g/mol. The molecule has 42 valence electrons. The highest BCUT2D eigenvalue weighted by Crippen LogP contribution is 1.99. The molecule has 0 radical (unpaired) electrons. The molecule has 1 heterocycles. The van der Waals surface area contributed by atoms with Gasteiger partial charge in [0.25, 0.3) is 0 Å². The average Bonchev–Trinajstić information content (AvgIpc) is 2.14. The Morgan fingerprint density at radius 2 is 2.62 bits per heavy atom. The third kappa shape index (κ3) is 0.780. The minimum absolute atomic E-state index is 0.680. The summed E-state index contributed by atoms with van der Waals surface area (Å²) >= 11 is 0. The maximum Gasteiger partial charge on any atom is 0.191 e. The second kappa shape index (κ2) is 1.82. The molecule has 0 aliphatic carbocycles. The molecule has 1 aromatic heterocycles. The maximum absolute atomic E-state index is 4.87. The van der Waals surface area contributed by atoms with Crippen LogP contribution in [0.4, 0.5) is 0 Å². The third-order valence-electron chi connectivity index (χ3n) is 0.846. The van der Waals surface area contributed by atoms with Gasteiger partial charge in [0, 0.05) is 6.92 Å². The van der Waals surface area contributed by atoms with Crippen LogP contribution in [0.1, 0.15) is 11.6 Å². The molecule has 0 N–H and O–H groups in total. The number of rotatable bonds is 1. The van der Waals surface area contributed by atoms with Gasteiger partial charge < -0.3 is 4.42 Å². The van der Waals surface area contributed by atoms with Crippen LogP contribution in [0.2, 0.25) is 0 Å². The lowest BCUT2D eigenvalue weighted by Crippen LogP contribution is -1.68. The lowest BCUT2D eigenvalue weighted by Gasteiger charge is -1.70. The highest BCUT2D eigenvalue weighted by molar-refractivity contribution is 5.38. The highest BCUT2D eigenvalue weighted by Gasteiger charge is 1.90. The van der Waals surface area contributed by atoms with E-state index in [9.17, 15) is 0 Å². The van der Waals surface area contributed by atoms with Crippen molar-refractivity contribution in [1.29, 1.82) is 0 Å². The van der Waals surface area contributed by atoms with Crippen LogP contribution in [0.5, 0.6) is 0 Å². The molecule has 1 rings (SSSR count). The predicted octanol–water partition coefficient (Wildman–Crippen LogP) is 1.63. The molecule has 0 aliphatic heterocycles. The molecule has 0 saturated heterocycles. The second-order valence-corrected chi connectivity index (χ2v) is 1.50. The van der Waals surface area contributed by atoms with Gasteiger partial charge in [-0.05, 0) is 6.08 Å². The Hall–Kier alpha value is -1.05. The largest absolute Gasteiger partial charge is 0.449 e. The fraction of sp³-hybridized carbons (Fsp3) is 0.167. The van der Waals surface area contributed by atoms with E-state index in [0.29, 0.717) is 5.89 Å². The van der Waals surface area contributed by atoms with E-state index in [-0.39, 0.29) is 0 Å². The number of aromatic nitrogens is 1. The SMILES string of the molecule is C=Cc1coc(C)n1. The van der Waals surface area contributed by atoms with Crippen molar-refractivity contribution in [2.45, 2.75) is 6.92 Å². The molecule has 0 aromatic carbocycles. The first kappa shape index (κ1) is 5.09. The molecule has 0 spiro atoms. The van der Waals surface area contributed by atoms with Gasteiger partial charge in [-0.1, -0.05) is 6.58 Å². The van der Waals surface area contributed by atoms with Crippen molar-refractivity contribution in [2.24, 2.45) is 0 Å². The van der Waals surface area contributed by atoms with Crippen LogP contribution in [-0.2, 0) is 0 Å². The second-order valence-electron chi connectivity index (χ2n) is 1.50. The normalized spacial score (nSPS) is 9.12. The van der Waals surface area contributed by atoms with Crippen molar-refractivity contribution in [3.8, 4) is 0 Å². The quantitative estimate of drug-likeness (QED) is 0.547. The minimum Gasteiger partial charge on any atom is -0.449 e. The fourth-order valence-electron chi connectivity index (χ4n) is 0.474. The number of oxazole rings is 1. The van der Waals surface area contributed by atoms with E-state index in [4.69, 9.17) is 4.42 Å². The van der Waals surface area contributed by atoms with Gasteiger partial charge in [-0.15, -0.1) is 0 Å². The van der Waals surface area contributed by atoms with Crippen LogP contribution >= 0.6 is 0 Å². The van der Waals surface area contributed by atoms with Gasteiger partial charge in [0.05, 0.1) is 0 Å². The summed E-state index contributed by atoms with van der Waals surface area (Å²) in [5.41, 5.74) is 0.794. The summed E-state index contributed by atoms with van der Waals surface area (Å²) in [5, 5.41) is 0. The summed E-state index contributed by atoms with van der Waals surface area (Å²) in [4.78, 5) is 3.94. The average molecular weight is 109 g/mol. The van der Waals surface area contributed by atoms with Crippen molar-refractivity contribution in [3.63, 3.8) is 0 Å². The van der Waals surface area contributed by atoms with Crippen LogP contribution in [-0.4, -0.2) is 4.98 Å². The summed E-state index contributed by atoms with van der Waals surface area (Å²) in [7, 11) is 0. The molecule has 1 aromatic rings. The molecular weight excluding hydrogens is 102 g/mol. The van der Waals surface area contributed by atoms with Crippen LogP contribution in [0.25, 0.3) is 6.08 Å². The maximum atomic E-state index is 4.87. The zero-order valence-electron chi connectivity index (χ0n) is 4.72. The fourth-order valence-corrected chi connectivity index (χ4v) is 0.474. The Kier molecular flexibility index (Phi) is 1.16. The van der Waals surface area contributed by atoms with E-state index in [1.54, 1.807) is 19.3 Å². The Morgan fingerprint density at radius 1 is 1.88 bits per heavy atom. The Balaban J connectivity index is 3.00. The number of aryl methyl sites for hydroxylation is 1. The van der Waals surface area contributed by atoms with Gasteiger partial charge in [0.1, 0.15) is 12.0 Å². The van der Waals surface area contributed by atoms with Gasteiger partial charge in [0.2, 0.25) is 0 Å². The van der Waals surface area contributed by atoms with Crippen LogP contribution in [0.3, 0.4) is 0 Å².